The molecule has 1 N–H and O–H groups in total. The van der Waals surface area contributed by atoms with Gasteiger partial charge in [-0.1, -0.05) is 83.9 Å². The summed E-state index contributed by atoms with van der Waals surface area (Å²) >= 11 is 12.5. The van der Waals surface area contributed by atoms with Gasteiger partial charge in [0.1, 0.15) is 6.61 Å². The van der Waals surface area contributed by atoms with Gasteiger partial charge in [0.15, 0.2) is 11.5 Å². The molecular formula is C31H23Cl2N3O3. The molecule has 0 spiro atoms. The molecule has 5 aromatic rings. The zero-order chi connectivity index (χ0) is 27.2. The summed E-state index contributed by atoms with van der Waals surface area (Å²) < 4.78 is 11.4. The monoisotopic (exact) mass is 555 g/mol. The molecule has 0 aliphatic heterocycles. The molecule has 0 aliphatic rings. The maximum atomic E-state index is 13.2. The number of fused-ring (bicyclic) bond motifs is 1. The number of benzene rings is 4. The number of carbonyl (C=O) groups excluding carboxylic acids is 1. The molecule has 194 valence electrons. The second kappa shape index (κ2) is 12.0. The molecular weight excluding hydrogens is 533 g/mol. The van der Waals surface area contributed by atoms with E-state index in [1.165, 1.54) is 13.3 Å². The van der Waals surface area contributed by atoms with Crippen LogP contribution in [0.25, 0.3) is 22.2 Å². The number of halogens is 2. The van der Waals surface area contributed by atoms with Crippen LogP contribution in [0.2, 0.25) is 10.0 Å². The largest absolute Gasteiger partial charge is 0.493 e. The van der Waals surface area contributed by atoms with Gasteiger partial charge >= 0.3 is 0 Å². The van der Waals surface area contributed by atoms with Crippen LogP contribution >= 0.6 is 23.2 Å². The van der Waals surface area contributed by atoms with Gasteiger partial charge < -0.3 is 9.47 Å². The maximum Gasteiger partial charge on any atom is 0.272 e. The molecule has 6 nitrogen and oxygen atoms in total. The molecule has 0 bridgehead atoms. The number of aromatic nitrogens is 1. The molecule has 39 heavy (non-hydrogen) atoms. The number of carbonyl (C=O) groups is 1. The van der Waals surface area contributed by atoms with Crippen molar-refractivity contribution in [3.63, 3.8) is 0 Å². The predicted molar refractivity (Wildman–Crippen MR) is 156 cm³/mol. The lowest BCUT2D eigenvalue weighted by atomic mass is 10.0. The predicted octanol–water partition coefficient (Wildman–Crippen LogP) is 7.56. The van der Waals surface area contributed by atoms with Crippen LogP contribution in [0.1, 0.15) is 21.5 Å². The van der Waals surface area contributed by atoms with Gasteiger partial charge in [-0.05, 0) is 47.5 Å². The number of ether oxygens (including phenoxy) is 2. The van der Waals surface area contributed by atoms with E-state index in [-0.39, 0.29) is 5.91 Å². The van der Waals surface area contributed by atoms with Crippen molar-refractivity contribution in [1.29, 1.82) is 0 Å². The Morgan fingerprint density at radius 2 is 1.69 bits per heavy atom. The average molecular weight is 556 g/mol. The third kappa shape index (κ3) is 6.20. The Balaban J connectivity index is 1.34. The van der Waals surface area contributed by atoms with Crippen molar-refractivity contribution >= 4 is 46.2 Å². The summed E-state index contributed by atoms with van der Waals surface area (Å²) in [6.07, 6.45) is 1.50. The SMILES string of the molecule is COc1cc(/C=N/NC(=O)c2cc(-c3ccccc3)nc3ccccc23)cc(Cl)c1OCc1ccc(Cl)cc1. The standard InChI is InChI=1S/C31H23Cl2N3O3/c1-38-29-16-21(15-26(33)30(29)39-19-20-11-13-23(32)14-12-20)18-34-36-31(37)25-17-28(22-7-3-2-4-8-22)35-27-10-6-5-9-24(25)27/h2-18H,19H2,1H3,(H,36,37)/b34-18+. The topological polar surface area (TPSA) is 72.8 Å². The first-order valence-electron chi connectivity index (χ1n) is 12.0. The van der Waals surface area contributed by atoms with Crippen molar-refractivity contribution < 1.29 is 14.3 Å². The van der Waals surface area contributed by atoms with Crippen LogP contribution in [0.3, 0.4) is 0 Å². The minimum atomic E-state index is -0.358. The van der Waals surface area contributed by atoms with Crippen molar-refractivity contribution in [3.8, 4) is 22.8 Å². The van der Waals surface area contributed by atoms with E-state index < -0.39 is 0 Å². The van der Waals surface area contributed by atoms with Crippen LogP contribution < -0.4 is 14.9 Å². The lowest BCUT2D eigenvalue weighted by Gasteiger charge is -2.13. The first kappa shape index (κ1) is 26.2. The van der Waals surface area contributed by atoms with Crippen LogP contribution in [-0.4, -0.2) is 24.2 Å². The summed E-state index contributed by atoms with van der Waals surface area (Å²) in [5, 5.41) is 5.90. The number of methoxy groups -OCH3 is 1. The molecule has 5 rings (SSSR count). The molecule has 0 saturated heterocycles. The Morgan fingerprint density at radius 1 is 0.949 bits per heavy atom. The Morgan fingerprint density at radius 3 is 2.46 bits per heavy atom. The van der Waals surface area contributed by atoms with E-state index in [2.05, 4.69) is 10.5 Å². The van der Waals surface area contributed by atoms with Gasteiger partial charge in [-0.2, -0.15) is 5.10 Å². The van der Waals surface area contributed by atoms with Crippen molar-refractivity contribution in [2.75, 3.05) is 7.11 Å². The summed E-state index contributed by atoms with van der Waals surface area (Å²) in [5.74, 6) is 0.492. The summed E-state index contributed by atoms with van der Waals surface area (Å²) in [7, 11) is 1.53. The van der Waals surface area contributed by atoms with Crippen molar-refractivity contribution in [1.82, 2.24) is 10.4 Å². The number of nitrogens with one attached hydrogen (secondary N) is 1. The molecule has 8 heteroatoms. The highest BCUT2D eigenvalue weighted by Crippen LogP contribution is 2.36. The number of hydrogen-bond donors (Lipinski definition) is 1. The molecule has 0 saturated carbocycles. The normalized spacial score (nSPS) is 11.1. The number of hydrazone groups is 1. The fourth-order valence-corrected chi connectivity index (χ4v) is 4.44. The van der Waals surface area contributed by atoms with E-state index in [4.69, 9.17) is 37.7 Å². The third-order valence-electron chi connectivity index (χ3n) is 5.96. The van der Waals surface area contributed by atoms with Crippen LogP contribution in [0, 0.1) is 0 Å². The van der Waals surface area contributed by atoms with Crippen molar-refractivity contribution in [2.45, 2.75) is 6.61 Å². The Labute approximate surface area is 235 Å². The second-order valence-corrected chi connectivity index (χ2v) is 9.43. The van der Waals surface area contributed by atoms with E-state index in [1.54, 1.807) is 30.3 Å². The lowest BCUT2D eigenvalue weighted by molar-refractivity contribution is 0.0956. The van der Waals surface area contributed by atoms with E-state index in [1.807, 2.05) is 66.7 Å². The zero-order valence-corrected chi connectivity index (χ0v) is 22.4. The number of rotatable bonds is 8. The lowest BCUT2D eigenvalue weighted by Crippen LogP contribution is -2.18. The van der Waals surface area contributed by atoms with Crippen LogP contribution in [0.15, 0.2) is 102 Å². The molecule has 1 heterocycles. The molecule has 1 amide bonds. The van der Waals surface area contributed by atoms with Crippen LogP contribution in [-0.2, 0) is 6.61 Å². The summed E-state index contributed by atoms with van der Waals surface area (Å²) in [6, 6.07) is 29.8. The number of pyridine rings is 1. The Bertz CT molecular complexity index is 1660. The first-order chi connectivity index (χ1) is 19.0. The Kier molecular flexibility index (Phi) is 8.06. The molecule has 0 radical (unpaired) electrons. The van der Waals surface area contributed by atoms with Gasteiger partial charge in [0.05, 0.1) is 35.1 Å². The van der Waals surface area contributed by atoms with E-state index in [0.29, 0.717) is 45.0 Å². The van der Waals surface area contributed by atoms with Gasteiger partial charge in [0, 0.05) is 16.0 Å². The smallest absolute Gasteiger partial charge is 0.272 e. The van der Waals surface area contributed by atoms with Crippen molar-refractivity contribution in [2.24, 2.45) is 5.10 Å². The summed E-state index contributed by atoms with van der Waals surface area (Å²) in [5.41, 5.74) is 6.99. The van der Waals surface area contributed by atoms with Crippen LogP contribution in [0.4, 0.5) is 0 Å². The molecule has 1 aromatic heterocycles. The molecule has 0 fully saturated rings. The van der Waals surface area contributed by atoms with Gasteiger partial charge in [0.2, 0.25) is 0 Å². The number of amides is 1. The minimum Gasteiger partial charge on any atom is -0.493 e. The number of hydrogen-bond acceptors (Lipinski definition) is 5. The third-order valence-corrected chi connectivity index (χ3v) is 6.49. The van der Waals surface area contributed by atoms with E-state index in [0.717, 1.165) is 22.0 Å². The van der Waals surface area contributed by atoms with Crippen LogP contribution in [0.5, 0.6) is 11.5 Å². The maximum absolute atomic E-state index is 13.2. The Hall–Kier alpha value is -4.39. The van der Waals surface area contributed by atoms with Crippen molar-refractivity contribution in [3.05, 3.63) is 124 Å². The minimum absolute atomic E-state index is 0.293. The average Bonchev–Trinajstić information content (AvgIpc) is 2.97. The summed E-state index contributed by atoms with van der Waals surface area (Å²) in [6.45, 7) is 0.293. The summed E-state index contributed by atoms with van der Waals surface area (Å²) in [4.78, 5) is 17.9. The highest BCUT2D eigenvalue weighted by molar-refractivity contribution is 6.32. The van der Waals surface area contributed by atoms with Gasteiger partial charge in [-0.3, -0.25) is 4.79 Å². The van der Waals surface area contributed by atoms with Gasteiger partial charge in [0.25, 0.3) is 5.91 Å². The molecule has 4 aromatic carbocycles. The zero-order valence-electron chi connectivity index (χ0n) is 20.9. The van der Waals surface area contributed by atoms with E-state index >= 15 is 0 Å². The second-order valence-electron chi connectivity index (χ2n) is 8.59. The number of nitrogens with zero attached hydrogens (tertiary/aromatic N) is 2. The highest BCUT2D eigenvalue weighted by Gasteiger charge is 2.15. The first-order valence-corrected chi connectivity index (χ1v) is 12.8. The highest BCUT2D eigenvalue weighted by atomic mass is 35.5. The quantitative estimate of drug-likeness (QED) is 0.158. The fourth-order valence-electron chi connectivity index (χ4n) is 4.04. The molecule has 0 aliphatic carbocycles. The fraction of sp³-hybridized carbons (Fsp3) is 0.0645. The van der Waals surface area contributed by atoms with E-state index in [9.17, 15) is 4.79 Å². The van der Waals surface area contributed by atoms with Gasteiger partial charge in [-0.25, -0.2) is 10.4 Å². The number of para-hydroxylation sites is 1. The molecule has 0 atom stereocenters. The molecule has 0 unspecified atom stereocenters. The van der Waals surface area contributed by atoms with Gasteiger partial charge in [-0.15, -0.1) is 0 Å².